The van der Waals surface area contributed by atoms with Gasteiger partial charge in [0.25, 0.3) is 0 Å². The van der Waals surface area contributed by atoms with Gasteiger partial charge in [-0.2, -0.15) is 0 Å². The summed E-state index contributed by atoms with van der Waals surface area (Å²) in [6.45, 7) is 0. The molecule has 27 heavy (non-hydrogen) atoms. The number of sulfone groups is 1. The lowest BCUT2D eigenvalue weighted by Crippen LogP contribution is -2.03. The molecule has 136 valence electrons. The van der Waals surface area contributed by atoms with E-state index in [1.54, 1.807) is 12.3 Å². The van der Waals surface area contributed by atoms with Gasteiger partial charge in [-0.1, -0.05) is 30.3 Å². The van der Waals surface area contributed by atoms with Crippen LogP contribution in [0.3, 0.4) is 0 Å². The summed E-state index contributed by atoms with van der Waals surface area (Å²) in [7, 11) is -3.30. The van der Waals surface area contributed by atoms with E-state index < -0.39 is 9.84 Å². The number of fused-ring (bicyclic) bond motifs is 1. The summed E-state index contributed by atoms with van der Waals surface area (Å²) >= 11 is 3.49. The number of aromatic nitrogens is 4. The zero-order chi connectivity index (χ0) is 19.0. The Morgan fingerprint density at radius 2 is 1.81 bits per heavy atom. The second-order valence-electron chi connectivity index (χ2n) is 5.89. The van der Waals surface area contributed by atoms with Gasteiger partial charge in [0, 0.05) is 24.2 Å². The van der Waals surface area contributed by atoms with Gasteiger partial charge >= 0.3 is 0 Å². The van der Waals surface area contributed by atoms with Gasteiger partial charge in [0.05, 0.1) is 16.8 Å². The number of hydrogen-bond donors (Lipinski definition) is 1. The van der Waals surface area contributed by atoms with E-state index >= 15 is 0 Å². The van der Waals surface area contributed by atoms with Crippen LogP contribution >= 0.6 is 15.9 Å². The molecule has 0 saturated heterocycles. The summed E-state index contributed by atoms with van der Waals surface area (Å²) < 4.78 is 25.9. The van der Waals surface area contributed by atoms with E-state index in [4.69, 9.17) is 0 Å². The maximum Gasteiger partial charge on any atom is 0.181 e. The number of benzene rings is 1. The maximum atomic E-state index is 11.6. The number of rotatable bonds is 4. The third-order valence-corrected chi connectivity index (χ3v) is 5.61. The predicted molar refractivity (Wildman–Crippen MR) is 107 cm³/mol. The maximum absolute atomic E-state index is 11.6. The van der Waals surface area contributed by atoms with E-state index in [0.29, 0.717) is 17.3 Å². The Labute approximate surface area is 164 Å². The lowest BCUT2D eigenvalue weighted by molar-refractivity contribution is 0.601. The first-order valence-electron chi connectivity index (χ1n) is 7.94. The monoisotopic (exact) mass is 443 g/mol. The van der Waals surface area contributed by atoms with Crippen molar-refractivity contribution in [3.05, 3.63) is 65.7 Å². The SMILES string of the molecule is CS(=O)(=O)c1ccc(Nc2nc(-c3ccccc3)cn3c(Br)cnc23)nc1. The third-order valence-electron chi connectivity index (χ3n) is 3.93. The first-order valence-corrected chi connectivity index (χ1v) is 10.6. The molecule has 0 aliphatic heterocycles. The minimum atomic E-state index is -3.30. The van der Waals surface area contributed by atoms with E-state index in [9.17, 15) is 8.42 Å². The molecule has 3 heterocycles. The molecule has 4 rings (SSSR count). The Bertz CT molecular complexity index is 1220. The molecule has 9 heteroatoms. The van der Waals surface area contributed by atoms with Crippen LogP contribution in [0.1, 0.15) is 0 Å². The van der Waals surface area contributed by atoms with Gasteiger partial charge in [-0.15, -0.1) is 0 Å². The standard InChI is InChI=1S/C18H14BrN5O2S/c1-27(25,26)13-7-8-16(20-9-13)23-17-18-21-10-15(19)24(18)11-14(22-17)12-5-3-2-4-6-12/h2-11H,1H3,(H,20,22,23). The molecule has 0 saturated carbocycles. The summed E-state index contributed by atoms with van der Waals surface area (Å²) in [5, 5.41) is 3.13. The van der Waals surface area contributed by atoms with Crippen LogP contribution in [0.2, 0.25) is 0 Å². The molecular formula is C18H14BrN5O2S. The fraction of sp³-hybridized carbons (Fsp3) is 0.0556. The highest BCUT2D eigenvalue weighted by Gasteiger charge is 2.13. The summed E-state index contributed by atoms with van der Waals surface area (Å²) in [4.78, 5) is 13.4. The van der Waals surface area contributed by atoms with Gasteiger partial charge < -0.3 is 5.32 Å². The van der Waals surface area contributed by atoms with Crippen molar-refractivity contribution in [2.24, 2.45) is 0 Å². The molecule has 0 aliphatic rings. The van der Waals surface area contributed by atoms with Crippen LogP contribution < -0.4 is 5.32 Å². The number of halogens is 1. The van der Waals surface area contributed by atoms with Crippen molar-refractivity contribution in [2.75, 3.05) is 11.6 Å². The van der Waals surface area contributed by atoms with Crippen molar-refractivity contribution in [3.63, 3.8) is 0 Å². The minimum Gasteiger partial charge on any atom is -0.322 e. The Morgan fingerprint density at radius 3 is 2.48 bits per heavy atom. The molecule has 0 amide bonds. The second kappa shape index (κ2) is 6.75. The molecule has 0 bridgehead atoms. The summed E-state index contributed by atoms with van der Waals surface area (Å²) in [6.07, 6.45) is 6.05. The average molecular weight is 444 g/mol. The van der Waals surface area contributed by atoms with Gasteiger partial charge in [-0.05, 0) is 28.1 Å². The summed E-state index contributed by atoms with van der Waals surface area (Å²) in [5.41, 5.74) is 2.34. The molecule has 7 nitrogen and oxygen atoms in total. The summed E-state index contributed by atoms with van der Waals surface area (Å²) in [6, 6.07) is 12.9. The number of pyridine rings is 1. The van der Waals surface area contributed by atoms with Crippen LogP contribution in [0.15, 0.2) is 70.6 Å². The average Bonchev–Trinajstić information content (AvgIpc) is 3.03. The number of hydrogen-bond acceptors (Lipinski definition) is 6. The van der Waals surface area contributed by atoms with Crippen LogP contribution in [0, 0.1) is 0 Å². The van der Waals surface area contributed by atoms with E-state index in [-0.39, 0.29) is 4.90 Å². The molecule has 0 unspecified atom stereocenters. The molecular weight excluding hydrogens is 430 g/mol. The van der Waals surface area contributed by atoms with E-state index in [1.807, 2.05) is 40.9 Å². The van der Waals surface area contributed by atoms with Crippen LogP contribution in [0.4, 0.5) is 11.6 Å². The lowest BCUT2D eigenvalue weighted by Gasteiger charge is -2.10. The molecule has 0 atom stereocenters. The zero-order valence-corrected chi connectivity index (χ0v) is 16.6. The largest absolute Gasteiger partial charge is 0.322 e. The number of imidazole rings is 1. The summed E-state index contributed by atoms with van der Waals surface area (Å²) in [5.74, 6) is 0.989. The lowest BCUT2D eigenvalue weighted by atomic mass is 10.2. The van der Waals surface area contributed by atoms with Crippen LogP contribution in [-0.4, -0.2) is 34.0 Å². The molecule has 0 aliphatic carbocycles. The van der Waals surface area contributed by atoms with Crippen molar-refractivity contribution in [3.8, 4) is 11.3 Å². The Hall–Kier alpha value is -2.78. The molecule has 0 spiro atoms. The quantitative estimate of drug-likeness (QED) is 0.517. The van der Waals surface area contributed by atoms with Crippen LogP contribution in [-0.2, 0) is 9.84 Å². The molecule has 1 N–H and O–H groups in total. The number of anilines is 2. The van der Waals surface area contributed by atoms with E-state index in [2.05, 4.69) is 36.2 Å². The van der Waals surface area contributed by atoms with Crippen molar-refractivity contribution in [1.82, 2.24) is 19.4 Å². The first-order chi connectivity index (χ1) is 12.9. The Kier molecular flexibility index (Phi) is 4.40. The highest BCUT2D eigenvalue weighted by atomic mass is 79.9. The number of nitrogens with zero attached hydrogens (tertiary/aromatic N) is 4. The van der Waals surface area contributed by atoms with Gasteiger partial charge in [0.2, 0.25) is 0 Å². The Morgan fingerprint density at radius 1 is 1.04 bits per heavy atom. The minimum absolute atomic E-state index is 0.160. The van der Waals surface area contributed by atoms with Crippen LogP contribution in [0.25, 0.3) is 16.9 Å². The Balaban J connectivity index is 1.79. The molecule has 1 aromatic carbocycles. The van der Waals surface area contributed by atoms with Gasteiger partial charge in [-0.25, -0.2) is 23.4 Å². The second-order valence-corrected chi connectivity index (χ2v) is 8.72. The highest BCUT2D eigenvalue weighted by Crippen LogP contribution is 2.26. The van der Waals surface area contributed by atoms with E-state index in [1.165, 1.54) is 12.3 Å². The smallest absolute Gasteiger partial charge is 0.181 e. The van der Waals surface area contributed by atoms with Crippen molar-refractivity contribution >= 4 is 43.1 Å². The number of nitrogens with one attached hydrogen (secondary N) is 1. The third kappa shape index (κ3) is 3.56. The highest BCUT2D eigenvalue weighted by molar-refractivity contribution is 9.10. The molecule has 0 radical (unpaired) electrons. The fourth-order valence-corrected chi connectivity index (χ4v) is 3.52. The normalized spacial score (nSPS) is 11.6. The van der Waals surface area contributed by atoms with Crippen molar-refractivity contribution in [1.29, 1.82) is 0 Å². The van der Waals surface area contributed by atoms with Gasteiger partial charge in [0.1, 0.15) is 10.4 Å². The van der Waals surface area contributed by atoms with Crippen molar-refractivity contribution in [2.45, 2.75) is 4.90 Å². The van der Waals surface area contributed by atoms with Gasteiger partial charge in [-0.3, -0.25) is 4.40 Å². The first kappa shape index (κ1) is 17.6. The zero-order valence-electron chi connectivity index (χ0n) is 14.2. The van der Waals surface area contributed by atoms with Crippen molar-refractivity contribution < 1.29 is 8.42 Å². The molecule has 4 aromatic rings. The molecule has 0 fully saturated rings. The fourth-order valence-electron chi connectivity index (χ4n) is 2.59. The van der Waals surface area contributed by atoms with E-state index in [0.717, 1.165) is 22.1 Å². The predicted octanol–water partition coefficient (Wildman–Crippen LogP) is 3.70. The topological polar surface area (TPSA) is 89.2 Å². The molecule has 3 aromatic heterocycles. The van der Waals surface area contributed by atoms with Crippen LogP contribution in [0.5, 0.6) is 0 Å². The van der Waals surface area contributed by atoms with Gasteiger partial charge in [0.15, 0.2) is 21.3 Å².